The number of aromatic nitrogens is 4. The molecule has 1 N–H and O–H groups in total. The normalized spacial score (nSPS) is 19.0. The summed E-state index contributed by atoms with van der Waals surface area (Å²) in [5, 5.41) is 7.69. The summed E-state index contributed by atoms with van der Waals surface area (Å²) in [6.07, 6.45) is 4.91. The minimum absolute atomic E-state index is 0.452. The zero-order valence-electron chi connectivity index (χ0n) is 14.3. The molecule has 0 spiro atoms. The number of hydrogen-bond acceptors (Lipinski definition) is 8. The molecule has 8 nitrogen and oxygen atoms in total. The van der Waals surface area contributed by atoms with Crippen LogP contribution in [-0.4, -0.2) is 58.2 Å². The second-order valence-corrected chi connectivity index (χ2v) is 6.91. The van der Waals surface area contributed by atoms with Gasteiger partial charge >= 0.3 is 0 Å². The van der Waals surface area contributed by atoms with Gasteiger partial charge in [-0.15, -0.1) is 0 Å². The number of hydrogen-bond donors (Lipinski definition) is 1. The SMILES string of the molecule is CNc1c(Cl)ncnc1N1CCCN(Cc2noc(C3CC3)n2)CC1. The van der Waals surface area contributed by atoms with Crippen molar-refractivity contribution in [3.05, 3.63) is 23.2 Å². The molecule has 25 heavy (non-hydrogen) atoms. The minimum Gasteiger partial charge on any atom is -0.383 e. The third kappa shape index (κ3) is 3.69. The first-order chi connectivity index (χ1) is 12.2. The Hall–Kier alpha value is -1.93. The zero-order valence-corrected chi connectivity index (χ0v) is 15.0. The lowest BCUT2D eigenvalue weighted by Gasteiger charge is -2.24. The van der Waals surface area contributed by atoms with Gasteiger partial charge in [0.25, 0.3) is 0 Å². The molecule has 1 saturated heterocycles. The molecule has 0 amide bonds. The highest BCUT2D eigenvalue weighted by Crippen LogP contribution is 2.38. The average molecular weight is 364 g/mol. The molecule has 4 rings (SSSR count). The van der Waals surface area contributed by atoms with Crippen molar-refractivity contribution in [1.82, 2.24) is 25.0 Å². The van der Waals surface area contributed by atoms with E-state index in [1.807, 2.05) is 7.05 Å². The Morgan fingerprint density at radius 2 is 2.12 bits per heavy atom. The van der Waals surface area contributed by atoms with Gasteiger partial charge in [0.05, 0.1) is 6.54 Å². The first-order valence-corrected chi connectivity index (χ1v) is 9.10. The molecule has 0 bridgehead atoms. The second-order valence-electron chi connectivity index (χ2n) is 6.55. The fraction of sp³-hybridized carbons (Fsp3) is 0.625. The van der Waals surface area contributed by atoms with Crippen molar-refractivity contribution in [2.45, 2.75) is 31.7 Å². The Kier molecular flexibility index (Phi) is 4.72. The topological polar surface area (TPSA) is 83.2 Å². The molecule has 0 atom stereocenters. The highest BCUT2D eigenvalue weighted by Gasteiger charge is 2.30. The van der Waals surface area contributed by atoms with Crippen LogP contribution in [-0.2, 0) is 6.54 Å². The molecule has 134 valence electrons. The fourth-order valence-corrected chi connectivity index (χ4v) is 3.40. The molecular formula is C16H22ClN7O. The van der Waals surface area contributed by atoms with Crippen molar-refractivity contribution in [1.29, 1.82) is 0 Å². The smallest absolute Gasteiger partial charge is 0.229 e. The van der Waals surface area contributed by atoms with Crippen LogP contribution in [0.1, 0.15) is 36.9 Å². The van der Waals surface area contributed by atoms with Crippen molar-refractivity contribution >= 4 is 23.1 Å². The maximum Gasteiger partial charge on any atom is 0.229 e. The van der Waals surface area contributed by atoms with Crippen LogP contribution in [0.2, 0.25) is 5.15 Å². The summed E-state index contributed by atoms with van der Waals surface area (Å²) in [4.78, 5) is 17.6. The van der Waals surface area contributed by atoms with E-state index in [0.717, 1.165) is 62.4 Å². The van der Waals surface area contributed by atoms with Crippen LogP contribution in [0.4, 0.5) is 11.5 Å². The summed E-state index contributed by atoms with van der Waals surface area (Å²) < 4.78 is 5.36. The van der Waals surface area contributed by atoms with E-state index in [2.05, 4.69) is 35.2 Å². The molecule has 0 radical (unpaired) electrons. The fourth-order valence-electron chi connectivity index (χ4n) is 3.18. The highest BCUT2D eigenvalue weighted by atomic mass is 35.5. The Balaban J connectivity index is 1.40. The molecule has 1 saturated carbocycles. The Morgan fingerprint density at radius 1 is 1.24 bits per heavy atom. The zero-order chi connectivity index (χ0) is 17.2. The van der Waals surface area contributed by atoms with Crippen molar-refractivity contribution in [3.63, 3.8) is 0 Å². The third-order valence-corrected chi connectivity index (χ3v) is 4.98. The number of anilines is 2. The van der Waals surface area contributed by atoms with E-state index < -0.39 is 0 Å². The van der Waals surface area contributed by atoms with E-state index in [4.69, 9.17) is 16.1 Å². The van der Waals surface area contributed by atoms with Gasteiger partial charge in [-0.05, 0) is 19.3 Å². The quantitative estimate of drug-likeness (QED) is 0.809. The van der Waals surface area contributed by atoms with Crippen molar-refractivity contribution in [2.24, 2.45) is 0 Å². The van der Waals surface area contributed by atoms with E-state index in [0.29, 0.717) is 11.1 Å². The van der Waals surface area contributed by atoms with Crippen LogP contribution in [0, 0.1) is 0 Å². The average Bonchev–Trinajstić information content (AvgIpc) is 3.40. The maximum atomic E-state index is 6.18. The summed E-state index contributed by atoms with van der Waals surface area (Å²) in [7, 11) is 1.84. The lowest BCUT2D eigenvalue weighted by atomic mass is 10.3. The summed E-state index contributed by atoms with van der Waals surface area (Å²) in [5.41, 5.74) is 0.782. The largest absolute Gasteiger partial charge is 0.383 e. The van der Waals surface area contributed by atoms with E-state index in [9.17, 15) is 0 Å². The Bertz CT molecular complexity index is 733. The number of rotatable bonds is 5. The molecule has 1 aliphatic carbocycles. The van der Waals surface area contributed by atoms with E-state index in [-0.39, 0.29) is 0 Å². The van der Waals surface area contributed by atoms with Gasteiger partial charge < -0.3 is 14.7 Å². The van der Waals surface area contributed by atoms with Gasteiger partial charge in [0.15, 0.2) is 16.8 Å². The van der Waals surface area contributed by atoms with Gasteiger partial charge in [-0.1, -0.05) is 16.8 Å². The molecule has 9 heteroatoms. The lowest BCUT2D eigenvalue weighted by molar-refractivity contribution is 0.271. The van der Waals surface area contributed by atoms with Gasteiger partial charge in [0.1, 0.15) is 12.0 Å². The standard InChI is InChI=1S/C16H22ClN7O/c1-18-13-14(17)19-10-20-15(13)24-6-2-5-23(7-8-24)9-12-21-16(25-22-12)11-3-4-11/h10-11,18H,2-9H2,1H3. The molecule has 2 fully saturated rings. The Morgan fingerprint density at radius 3 is 2.92 bits per heavy atom. The summed E-state index contributed by atoms with van der Waals surface area (Å²) in [5.74, 6) is 2.96. The van der Waals surface area contributed by atoms with Crippen LogP contribution in [0.3, 0.4) is 0 Å². The summed E-state index contributed by atoms with van der Waals surface area (Å²) in [6.45, 7) is 4.44. The third-order valence-electron chi connectivity index (χ3n) is 4.69. The van der Waals surface area contributed by atoms with Crippen molar-refractivity contribution in [3.8, 4) is 0 Å². The van der Waals surface area contributed by atoms with E-state index in [1.54, 1.807) is 0 Å². The van der Waals surface area contributed by atoms with Gasteiger partial charge in [0, 0.05) is 39.1 Å². The van der Waals surface area contributed by atoms with Crippen molar-refractivity contribution in [2.75, 3.05) is 43.4 Å². The molecule has 0 unspecified atom stereocenters. The molecule has 2 aliphatic rings. The molecule has 3 heterocycles. The Labute approximate surface area is 151 Å². The lowest BCUT2D eigenvalue weighted by Crippen LogP contribution is -2.31. The van der Waals surface area contributed by atoms with Crippen LogP contribution in [0.5, 0.6) is 0 Å². The first-order valence-electron chi connectivity index (χ1n) is 8.72. The van der Waals surface area contributed by atoms with Gasteiger partial charge in [0.2, 0.25) is 5.89 Å². The van der Waals surface area contributed by atoms with Crippen LogP contribution >= 0.6 is 11.6 Å². The molecule has 0 aromatic carbocycles. The van der Waals surface area contributed by atoms with Gasteiger partial charge in [-0.3, -0.25) is 4.90 Å². The molecular weight excluding hydrogens is 342 g/mol. The summed E-state index contributed by atoms with van der Waals surface area (Å²) in [6, 6.07) is 0. The van der Waals surface area contributed by atoms with E-state index in [1.165, 1.54) is 19.2 Å². The molecule has 2 aromatic rings. The van der Waals surface area contributed by atoms with E-state index >= 15 is 0 Å². The van der Waals surface area contributed by atoms with Gasteiger partial charge in [-0.2, -0.15) is 4.98 Å². The second kappa shape index (κ2) is 7.13. The number of nitrogens with one attached hydrogen (secondary N) is 1. The predicted octanol–water partition coefficient (Wildman–Crippen LogP) is 2.14. The van der Waals surface area contributed by atoms with Crippen LogP contribution in [0.25, 0.3) is 0 Å². The van der Waals surface area contributed by atoms with Gasteiger partial charge in [-0.25, -0.2) is 9.97 Å². The highest BCUT2D eigenvalue weighted by molar-refractivity contribution is 6.32. The predicted molar refractivity (Wildman–Crippen MR) is 95.0 cm³/mol. The monoisotopic (exact) mass is 363 g/mol. The maximum absolute atomic E-state index is 6.18. The number of halogens is 1. The van der Waals surface area contributed by atoms with Crippen LogP contribution < -0.4 is 10.2 Å². The first kappa shape index (κ1) is 16.5. The molecule has 2 aromatic heterocycles. The molecule has 1 aliphatic heterocycles. The van der Waals surface area contributed by atoms with Crippen LogP contribution in [0.15, 0.2) is 10.9 Å². The van der Waals surface area contributed by atoms with Crippen molar-refractivity contribution < 1.29 is 4.52 Å². The summed E-state index contributed by atoms with van der Waals surface area (Å²) >= 11 is 6.18. The minimum atomic E-state index is 0.452. The number of nitrogens with zero attached hydrogens (tertiary/aromatic N) is 6.